The van der Waals surface area contributed by atoms with Crippen LogP contribution < -0.4 is 10.2 Å². The number of hydrogen-bond acceptors (Lipinski definition) is 6. The van der Waals surface area contributed by atoms with Crippen molar-refractivity contribution in [2.75, 3.05) is 13.7 Å². The Balaban J connectivity index is 1.46. The van der Waals surface area contributed by atoms with Gasteiger partial charge in [0.05, 0.1) is 36.7 Å². The van der Waals surface area contributed by atoms with E-state index in [9.17, 15) is 14.7 Å². The van der Waals surface area contributed by atoms with Crippen LogP contribution in [0.25, 0.3) is 0 Å². The molecule has 2 aromatic rings. The Morgan fingerprint density at radius 1 is 1.18 bits per heavy atom. The van der Waals surface area contributed by atoms with Gasteiger partial charge in [0.2, 0.25) is 11.8 Å². The lowest BCUT2D eigenvalue weighted by molar-refractivity contribution is -0.149. The molecule has 2 aliphatic heterocycles. The molecule has 1 N–H and O–H groups in total. The van der Waals surface area contributed by atoms with Crippen molar-refractivity contribution in [1.82, 2.24) is 9.88 Å². The molecule has 1 aromatic carbocycles. The average Bonchev–Trinajstić information content (AvgIpc) is 2.99. The summed E-state index contributed by atoms with van der Waals surface area (Å²) in [4.78, 5) is 30.2. The second-order valence-corrected chi connectivity index (χ2v) is 9.55. The second kappa shape index (κ2) is 8.46. The van der Waals surface area contributed by atoms with E-state index in [1.807, 2.05) is 52.0 Å². The van der Waals surface area contributed by atoms with E-state index in [0.717, 1.165) is 11.0 Å². The highest BCUT2D eigenvalue weighted by Crippen LogP contribution is 2.38. The lowest BCUT2D eigenvalue weighted by Gasteiger charge is -2.43. The molecule has 4 rings (SSSR count). The van der Waals surface area contributed by atoms with Gasteiger partial charge in [-0.15, -0.1) is 0 Å². The summed E-state index contributed by atoms with van der Waals surface area (Å²) in [7, 11) is 1.05. The van der Waals surface area contributed by atoms with Crippen molar-refractivity contribution in [3.05, 3.63) is 53.7 Å². The van der Waals surface area contributed by atoms with E-state index in [2.05, 4.69) is 4.98 Å². The third kappa shape index (κ3) is 4.35. The summed E-state index contributed by atoms with van der Waals surface area (Å²) in [5.74, 6) is -0.943. The van der Waals surface area contributed by atoms with E-state index in [1.165, 1.54) is 7.11 Å². The van der Waals surface area contributed by atoms with Gasteiger partial charge in [-0.1, -0.05) is 30.3 Å². The van der Waals surface area contributed by atoms with Crippen LogP contribution in [0.3, 0.4) is 0 Å². The highest BCUT2D eigenvalue weighted by atomic mass is 16.7. The van der Waals surface area contributed by atoms with Gasteiger partial charge < -0.3 is 24.1 Å². The zero-order chi connectivity index (χ0) is 24.0. The van der Waals surface area contributed by atoms with E-state index in [0.29, 0.717) is 18.0 Å². The van der Waals surface area contributed by atoms with Crippen LogP contribution in [0.5, 0.6) is 5.88 Å². The SMILES string of the molecule is COc1ccc([C@H](CC(=O)O)N2CC(c3ccc(B4OC(C)(C)C(C)(C)O4)cc3)C2=O)cn1. The second-order valence-electron chi connectivity index (χ2n) is 9.55. The summed E-state index contributed by atoms with van der Waals surface area (Å²) >= 11 is 0. The minimum absolute atomic E-state index is 0.0968. The smallest absolute Gasteiger partial charge is 0.481 e. The maximum Gasteiger partial charge on any atom is 0.494 e. The molecule has 3 heterocycles. The first-order valence-electron chi connectivity index (χ1n) is 11.0. The van der Waals surface area contributed by atoms with Gasteiger partial charge in [-0.05, 0) is 44.3 Å². The first-order chi connectivity index (χ1) is 15.5. The Morgan fingerprint density at radius 2 is 1.82 bits per heavy atom. The molecule has 0 radical (unpaired) electrons. The fraction of sp³-hybridized carbons (Fsp3) is 0.458. The molecule has 0 saturated carbocycles. The number of β-lactam (4-membered cyclic amide) rings is 1. The number of carboxylic acids is 1. The van der Waals surface area contributed by atoms with Crippen LogP contribution in [0.1, 0.15) is 57.2 Å². The van der Waals surface area contributed by atoms with Crippen LogP contribution in [-0.2, 0) is 18.9 Å². The quantitative estimate of drug-likeness (QED) is 0.509. The van der Waals surface area contributed by atoms with Gasteiger partial charge in [-0.3, -0.25) is 9.59 Å². The van der Waals surface area contributed by atoms with Crippen LogP contribution in [0.15, 0.2) is 42.6 Å². The molecule has 2 aliphatic rings. The molecule has 174 valence electrons. The van der Waals surface area contributed by atoms with Crippen LogP contribution in [0.2, 0.25) is 0 Å². The summed E-state index contributed by atoms with van der Waals surface area (Å²) in [5.41, 5.74) is 1.61. The fourth-order valence-corrected chi connectivity index (χ4v) is 4.13. The van der Waals surface area contributed by atoms with Crippen molar-refractivity contribution in [1.29, 1.82) is 0 Å². The molecular formula is C24H29BN2O6. The van der Waals surface area contributed by atoms with Crippen LogP contribution in [0, 0.1) is 0 Å². The Kier molecular flexibility index (Phi) is 5.96. The zero-order valence-electron chi connectivity index (χ0n) is 19.6. The molecule has 8 nitrogen and oxygen atoms in total. The van der Waals surface area contributed by atoms with Gasteiger partial charge in [0.25, 0.3) is 0 Å². The fourth-order valence-electron chi connectivity index (χ4n) is 4.13. The number of likely N-dealkylation sites (tertiary alicyclic amines) is 1. The molecule has 0 bridgehead atoms. The molecular weight excluding hydrogens is 423 g/mol. The Morgan fingerprint density at radius 3 is 2.30 bits per heavy atom. The minimum atomic E-state index is -0.973. The Bertz CT molecular complexity index is 1020. The van der Waals surface area contributed by atoms with Crippen molar-refractivity contribution in [2.24, 2.45) is 0 Å². The summed E-state index contributed by atoms with van der Waals surface area (Å²) in [6.07, 6.45) is 1.37. The van der Waals surface area contributed by atoms with E-state index in [4.69, 9.17) is 14.0 Å². The van der Waals surface area contributed by atoms with E-state index < -0.39 is 30.3 Å². The summed E-state index contributed by atoms with van der Waals surface area (Å²) in [5, 5.41) is 9.38. The number of pyridine rings is 1. The van der Waals surface area contributed by atoms with Gasteiger partial charge in [-0.2, -0.15) is 0 Å². The molecule has 2 saturated heterocycles. The predicted octanol–water partition coefficient (Wildman–Crippen LogP) is 2.53. The number of carbonyl (C=O) groups excluding carboxylic acids is 1. The number of aromatic nitrogens is 1. The van der Waals surface area contributed by atoms with Crippen molar-refractivity contribution >= 4 is 24.5 Å². The van der Waals surface area contributed by atoms with Crippen molar-refractivity contribution in [2.45, 2.75) is 57.3 Å². The first kappa shape index (κ1) is 23.3. The molecule has 9 heteroatoms. The summed E-state index contributed by atoms with van der Waals surface area (Å²) in [6.45, 7) is 8.48. The number of ether oxygens (including phenoxy) is 1. The van der Waals surface area contributed by atoms with Gasteiger partial charge in [0.15, 0.2) is 0 Å². The lowest BCUT2D eigenvalue weighted by atomic mass is 9.77. The summed E-state index contributed by atoms with van der Waals surface area (Å²) < 4.78 is 17.3. The van der Waals surface area contributed by atoms with Crippen LogP contribution >= 0.6 is 0 Å². The van der Waals surface area contributed by atoms with E-state index in [-0.39, 0.29) is 18.2 Å². The van der Waals surface area contributed by atoms with Gasteiger partial charge in [0.1, 0.15) is 0 Å². The van der Waals surface area contributed by atoms with Gasteiger partial charge in [-0.25, -0.2) is 4.98 Å². The highest BCUT2D eigenvalue weighted by molar-refractivity contribution is 6.62. The molecule has 0 aliphatic carbocycles. The standard InChI is InChI=1S/C24H29BN2O6/c1-23(2)24(3,4)33-25(32-23)17-9-6-15(7-10-17)18-14-27(22(18)30)19(12-21(28)29)16-8-11-20(31-5)26-13-16/h6-11,13,18-19H,12,14H2,1-5H3,(H,28,29)/t18?,19-/m0/s1. The van der Waals surface area contributed by atoms with Gasteiger partial charge in [0, 0.05) is 18.8 Å². The molecule has 1 amide bonds. The number of methoxy groups -OCH3 is 1. The average molecular weight is 452 g/mol. The number of rotatable bonds is 7. The molecule has 0 spiro atoms. The highest BCUT2D eigenvalue weighted by Gasteiger charge is 2.51. The van der Waals surface area contributed by atoms with Crippen molar-refractivity contribution in [3.63, 3.8) is 0 Å². The van der Waals surface area contributed by atoms with Crippen molar-refractivity contribution < 1.29 is 28.7 Å². The first-order valence-corrected chi connectivity index (χ1v) is 11.0. The summed E-state index contributed by atoms with van der Waals surface area (Å²) in [6, 6.07) is 10.5. The third-order valence-electron chi connectivity index (χ3n) is 6.92. The molecule has 1 aromatic heterocycles. The number of carboxylic acid groups (broad SMARTS) is 1. The maximum atomic E-state index is 13.0. The zero-order valence-corrected chi connectivity index (χ0v) is 19.6. The molecule has 2 atom stereocenters. The largest absolute Gasteiger partial charge is 0.494 e. The molecule has 33 heavy (non-hydrogen) atoms. The monoisotopic (exact) mass is 452 g/mol. The number of carbonyl (C=O) groups is 2. The number of hydrogen-bond donors (Lipinski definition) is 1. The number of benzene rings is 1. The van der Waals surface area contributed by atoms with Crippen LogP contribution in [-0.4, -0.2) is 58.8 Å². The number of amides is 1. The maximum absolute atomic E-state index is 13.0. The van der Waals surface area contributed by atoms with Crippen LogP contribution in [0.4, 0.5) is 0 Å². The van der Waals surface area contributed by atoms with E-state index >= 15 is 0 Å². The molecule has 1 unspecified atom stereocenters. The topological polar surface area (TPSA) is 98.2 Å². The minimum Gasteiger partial charge on any atom is -0.481 e. The van der Waals surface area contributed by atoms with Gasteiger partial charge >= 0.3 is 13.1 Å². The predicted molar refractivity (Wildman–Crippen MR) is 122 cm³/mol. The number of nitrogens with zero attached hydrogens (tertiary/aromatic N) is 2. The molecule has 2 fully saturated rings. The Hall–Kier alpha value is -2.91. The third-order valence-corrected chi connectivity index (χ3v) is 6.92. The van der Waals surface area contributed by atoms with Crippen molar-refractivity contribution in [3.8, 4) is 5.88 Å². The van der Waals surface area contributed by atoms with E-state index in [1.54, 1.807) is 23.2 Å². The number of aliphatic carboxylic acids is 1. The normalized spacial score (nSPS) is 22.1. The Labute approximate surface area is 194 Å². The lowest BCUT2D eigenvalue weighted by Crippen LogP contribution is -2.52.